The van der Waals surface area contributed by atoms with Crippen molar-refractivity contribution in [2.45, 2.75) is 6.92 Å². The molecule has 0 saturated carbocycles. The zero-order valence-corrected chi connectivity index (χ0v) is 16.7. The fourth-order valence-electron chi connectivity index (χ4n) is 4.09. The second kappa shape index (κ2) is 7.53. The first-order valence-electron chi connectivity index (χ1n) is 10.1. The molecule has 3 heteroatoms. The van der Waals surface area contributed by atoms with E-state index in [1.165, 1.54) is 5.39 Å². The summed E-state index contributed by atoms with van der Waals surface area (Å²) in [4.78, 5) is 14.7. The van der Waals surface area contributed by atoms with Crippen molar-refractivity contribution in [3.05, 3.63) is 107 Å². The Labute approximate surface area is 174 Å². The van der Waals surface area contributed by atoms with E-state index in [0.29, 0.717) is 5.58 Å². The number of hydrogen-bond acceptors (Lipinski definition) is 3. The van der Waals surface area contributed by atoms with Crippen molar-refractivity contribution in [3.8, 4) is 11.1 Å². The quantitative estimate of drug-likeness (QED) is 0.317. The molecule has 0 aliphatic heterocycles. The highest BCUT2D eigenvalue weighted by Gasteiger charge is 2.16. The fourth-order valence-corrected chi connectivity index (χ4v) is 4.09. The molecule has 3 nitrogen and oxygen atoms in total. The van der Waals surface area contributed by atoms with Gasteiger partial charge in [-0.1, -0.05) is 72.8 Å². The smallest absolute Gasteiger partial charge is 0.338 e. The lowest BCUT2D eigenvalue weighted by molar-refractivity contribution is 0.561. The Morgan fingerprint density at radius 2 is 1.47 bits per heavy atom. The average molecular weight is 391 g/mol. The Hall–Kier alpha value is -3.85. The zero-order valence-electron chi connectivity index (χ0n) is 16.7. The van der Waals surface area contributed by atoms with E-state index in [-0.39, 0.29) is 5.63 Å². The highest BCUT2D eigenvalue weighted by molar-refractivity contribution is 6.00. The van der Waals surface area contributed by atoms with E-state index in [4.69, 9.17) is 4.42 Å². The summed E-state index contributed by atoms with van der Waals surface area (Å²) >= 11 is 0. The van der Waals surface area contributed by atoms with Crippen molar-refractivity contribution >= 4 is 33.1 Å². The monoisotopic (exact) mass is 391 g/mol. The summed E-state index contributed by atoms with van der Waals surface area (Å²) in [7, 11) is 0. The highest BCUT2D eigenvalue weighted by Crippen LogP contribution is 2.36. The van der Waals surface area contributed by atoms with Crippen molar-refractivity contribution in [1.29, 1.82) is 0 Å². The molecule has 4 aromatic carbocycles. The molecule has 1 heterocycles. The van der Waals surface area contributed by atoms with Crippen LogP contribution < -0.4 is 10.5 Å². The van der Waals surface area contributed by atoms with Gasteiger partial charge in [0.25, 0.3) is 0 Å². The first-order chi connectivity index (χ1) is 14.7. The van der Waals surface area contributed by atoms with Crippen LogP contribution in [0.5, 0.6) is 0 Å². The molecular weight excluding hydrogens is 370 g/mol. The highest BCUT2D eigenvalue weighted by atomic mass is 16.4. The van der Waals surface area contributed by atoms with Crippen molar-refractivity contribution < 1.29 is 4.42 Å². The Morgan fingerprint density at radius 3 is 2.30 bits per heavy atom. The molecule has 146 valence electrons. The molecule has 0 unspecified atom stereocenters. The SMILES string of the molecule is CCN(c1cccc2ccccc12)c1cc(=O)oc2cc(-c3ccccc3)ccc12. The predicted octanol–water partition coefficient (Wildman–Crippen LogP) is 6.77. The minimum Gasteiger partial charge on any atom is -0.423 e. The standard InChI is InChI=1S/C27H21NO2/c1-2-28(24-14-8-12-20-11-6-7-13-22(20)24)25-18-27(29)30-26-17-21(15-16-23(25)26)19-9-4-3-5-10-19/h3-18H,2H2,1H3. The summed E-state index contributed by atoms with van der Waals surface area (Å²) in [5.41, 5.74) is 4.30. The molecule has 0 spiro atoms. The summed E-state index contributed by atoms with van der Waals surface area (Å²) in [5, 5.41) is 3.25. The number of fused-ring (bicyclic) bond motifs is 2. The normalized spacial score (nSPS) is 11.1. The topological polar surface area (TPSA) is 33.5 Å². The van der Waals surface area contributed by atoms with Gasteiger partial charge in [-0.15, -0.1) is 0 Å². The van der Waals surface area contributed by atoms with Gasteiger partial charge in [0.2, 0.25) is 0 Å². The van der Waals surface area contributed by atoms with Gasteiger partial charge in [0.1, 0.15) is 5.58 Å². The summed E-state index contributed by atoms with van der Waals surface area (Å²) < 4.78 is 5.60. The second-order valence-electron chi connectivity index (χ2n) is 7.27. The van der Waals surface area contributed by atoms with Gasteiger partial charge in [0.15, 0.2) is 0 Å². The van der Waals surface area contributed by atoms with Crippen LogP contribution in [0.2, 0.25) is 0 Å². The first kappa shape index (κ1) is 18.2. The Bertz CT molecular complexity index is 1400. The van der Waals surface area contributed by atoms with Gasteiger partial charge in [-0.2, -0.15) is 0 Å². The number of hydrogen-bond donors (Lipinski definition) is 0. The van der Waals surface area contributed by atoms with E-state index < -0.39 is 0 Å². The van der Waals surface area contributed by atoms with Gasteiger partial charge in [-0.3, -0.25) is 0 Å². The third-order valence-corrected chi connectivity index (χ3v) is 5.49. The minimum absolute atomic E-state index is 0.346. The molecule has 1 aromatic heterocycles. The fraction of sp³-hybridized carbons (Fsp3) is 0.0741. The van der Waals surface area contributed by atoms with Crippen LogP contribution in [0.15, 0.2) is 106 Å². The van der Waals surface area contributed by atoms with Crippen LogP contribution in [0.3, 0.4) is 0 Å². The number of nitrogens with zero attached hydrogens (tertiary/aromatic N) is 1. The predicted molar refractivity (Wildman–Crippen MR) is 125 cm³/mol. The summed E-state index contributed by atoms with van der Waals surface area (Å²) in [6, 6.07) is 32.4. The molecule has 30 heavy (non-hydrogen) atoms. The van der Waals surface area contributed by atoms with Crippen LogP contribution >= 0.6 is 0 Å². The lowest BCUT2D eigenvalue weighted by Gasteiger charge is -2.26. The van der Waals surface area contributed by atoms with Crippen molar-refractivity contribution in [2.75, 3.05) is 11.4 Å². The molecule has 0 radical (unpaired) electrons. The van der Waals surface area contributed by atoms with Crippen LogP contribution in [-0.2, 0) is 0 Å². The minimum atomic E-state index is -0.346. The maximum Gasteiger partial charge on any atom is 0.338 e. The van der Waals surface area contributed by atoms with Crippen molar-refractivity contribution in [1.82, 2.24) is 0 Å². The van der Waals surface area contributed by atoms with E-state index >= 15 is 0 Å². The van der Waals surface area contributed by atoms with E-state index in [2.05, 4.69) is 60.4 Å². The van der Waals surface area contributed by atoms with Crippen LogP contribution in [-0.4, -0.2) is 6.54 Å². The molecular formula is C27H21NO2. The molecule has 0 amide bonds. The van der Waals surface area contributed by atoms with E-state index in [0.717, 1.165) is 39.8 Å². The lowest BCUT2D eigenvalue weighted by atomic mass is 10.0. The maximum atomic E-state index is 12.5. The average Bonchev–Trinajstić information content (AvgIpc) is 2.80. The van der Waals surface area contributed by atoms with Crippen molar-refractivity contribution in [2.24, 2.45) is 0 Å². The van der Waals surface area contributed by atoms with E-state index in [1.807, 2.05) is 42.5 Å². The number of rotatable bonds is 4. The van der Waals surface area contributed by atoms with Crippen LogP contribution in [0.25, 0.3) is 32.9 Å². The Kier molecular flexibility index (Phi) is 4.56. The molecule has 0 aliphatic rings. The zero-order chi connectivity index (χ0) is 20.5. The van der Waals surface area contributed by atoms with Crippen LogP contribution in [0.4, 0.5) is 11.4 Å². The van der Waals surface area contributed by atoms with Crippen molar-refractivity contribution in [3.63, 3.8) is 0 Å². The number of benzene rings is 4. The van der Waals surface area contributed by atoms with Crippen LogP contribution in [0.1, 0.15) is 6.92 Å². The molecule has 5 aromatic rings. The molecule has 0 atom stereocenters. The molecule has 5 rings (SSSR count). The van der Waals surface area contributed by atoms with Gasteiger partial charge in [-0.05, 0) is 41.6 Å². The largest absolute Gasteiger partial charge is 0.423 e. The molecule has 0 bridgehead atoms. The van der Waals surface area contributed by atoms with Gasteiger partial charge in [-0.25, -0.2) is 4.79 Å². The number of anilines is 2. The summed E-state index contributed by atoms with van der Waals surface area (Å²) in [6.07, 6.45) is 0. The maximum absolute atomic E-state index is 12.5. The molecule has 0 aliphatic carbocycles. The van der Waals surface area contributed by atoms with Gasteiger partial charge in [0.05, 0.1) is 5.69 Å². The van der Waals surface area contributed by atoms with Gasteiger partial charge < -0.3 is 9.32 Å². The van der Waals surface area contributed by atoms with Gasteiger partial charge in [0, 0.05) is 29.1 Å². The molecule has 0 N–H and O–H groups in total. The summed E-state index contributed by atoms with van der Waals surface area (Å²) in [5.74, 6) is 0. The Morgan fingerprint density at radius 1 is 0.700 bits per heavy atom. The molecule has 0 saturated heterocycles. The van der Waals surface area contributed by atoms with E-state index in [9.17, 15) is 4.79 Å². The lowest BCUT2D eigenvalue weighted by Crippen LogP contribution is -2.18. The molecule has 0 fully saturated rings. The summed E-state index contributed by atoms with van der Waals surface area (Å²) in [6.45, 7) is 2.83. The van der Waals surface area contributed by atoms with Gasteiger partial charge >= 0.3 is 5.63 Å². The Balaban J connectivity index is 1.72. The third-order valence-electron chi connectivity index (χ3n) is 5.49. The second-order valence-corrected chi connectivity index (χ2v) is 7.27. The first-order valence-corrected chi connectivity index (χ1v) is 10.1. The van der Waals surface area contributed by atoms with E-state index in [1.54, 1.807) is 6.07 Å². The third kappa shape index (κ3) is 3.15. The van der Waals surface area contributed by atoms with Crippen LogP contribution in [0, 0.1) is 0 Å².